The molecule has 3 rings (SSSR count). The molecule has 6 nitrogen and oxygen atoms in total. The molecule has 0 aliphatic rings. The van der Waals surface area contributed by atoms with Crippen molar-refractivity contribution >= 4 is 49.8 Å². The molecule has 0 aromatic heterocycles. The zero-order valence-corrected chi connectivity index (χ0v) is 18.1. The highest BCUT2D eigenvalue weighted by Gasteiger charge is 2.23. The smallest absolute Gasteiger partial charge is 0.431 e. The number of rotatable bonds is 4. The quantitative estimate of drug-likeness (QED) is 0.248. The van der Waals surface area contributed by atoms with Crippen LogP contribution in [0.15, 0.2) is 46.9 Å². The van der Waals surface area contributed by atoms with Gasteiger partial charge in [-0.25, -0.2) is 9.59 Å². The van der Waals surface area contributed by atoms with Crippen LogP contribution in [0.25, 0.3) is 21.5 Å². The van der Waals surface area contributed by atoms with E-state index in [1.54, 1.807) is 52.0 Å². The van der Waals surface area contributed by atoms with Gasteiger partial charge in [-0.1, -0.05) is 52.3 Å². The Bertz CT molecular complexity index is 1070. The van der Waals surface area contributed by atoms with Gasteiger partial charge in [0.2, 0.25) is 0 Å². The standard InChI is InChI=1S/C22H21BrO6/c1-12(2)26-21(24)28-19-14-8-5-6-9-15(14)20(29-22(25)27-13(3)4)18-16(19)10-7-11-17(18)23/h5-13H,1-4H3. The van der Waals surface area contributed by atoms with Crippen LogP contribution in [-0.4, -0.2) is 24.5 Å². The van der Waals surface area contributed by atoms with Crippen LogP contribution in [0, 0.1) is 0 Å². The van der Waals surface area contributed by atoms with Gasteiger partial charge in [0.1, 0.15) is 0 Å². The number of hydrogen-bond acceptors (Lipinski definition) is 6. The molecule has 0 radical (unpaired) electrons. The number of ether oxygens (including phenoxy) is 4. The van der Waals surface area contributed by atoms with E-state index in [4.69, 9.17) is 18.9 Å². The molecule has 0 saturated heterocycles. The summed E-state index contributed by atoms with van der Waals surface area (Å²) in [6.45, 7) is 6.96. The van der Waals surface area contributed by atoms with Gasteiger partial charge in [-0.2, -0.15) is 0 Å². The Balaban J connectivity index is 2.25. The zero-order valence-electron chi connectivity index (χ0n) is 16.5. The summed E-state index contributed by atoms with van der Waals surface area (Å²) in [4.78, 5) is 24.5. The van der Waals surface area contributed by atoms with E-state index in [0.29, 0.717) is 37.5 Å². The van der Waals surface area contributed by atoms with Crippen LogP contribution in [-0.2, 0) is 9.47 Å². The summed E-state index contributed by atoms with van der Waals surface area (Å²) in [6, 6.07) is 12.6. The zero-order chi connectivity index (χ0) is 21.1. The summed E-state index contributed by atoms with van der Waals surface area (Å²) in [5, 5.41) is 2.37. The summed E-state index contributed by atoms with van der Waals surface area (Å²) >= 11 is 3.51. The van der Waals surface area contributed by atoms with Gasteiger partial charge < -0.3 is 18.9 Å². The number of benzene rings is 3. The summed E-state index contributed by atoms with van der Waals surface area (Å²) in [5.74, 6) is 0.644. The van der Waals surface area contributed by atoms with Crippen molar-refractivity contribution in [2.24, 2.45) is 0 Å². The molecule has 3 aromatic carbocycles. The summed E-state index contributed by atoms with van der Waals surface area (Å²) in [5.41, 5.74) is 0. The van der Waals surface area contributed by atoms with Crippen LogP contribution >= 0.6 is 15.9 Å². The predicted octanol–water partition coefficient (Wildman–Crippen LogP) is 6.60. The Kier molecular flexibility index (Phi) is 6.27. The van der Waals surface area contributed by atoms with Crippen LogP contribution in [0.1, 0.15) is 27.7 Å². The Morgan fingerprint density at radius 2 is 1.21 bits per heavy atom. The van der Waals surface area contributed by atoms with E-state index in [9.17, 15) is 9.59 Å². The highest BCUT2D eigenvalue weighted by molar-refractivity contribution is 9.10. The van der Waals surface area contributed by atoms with Crippen molar-refractivity contribution in [2.45, 2.75) is 39.9 Å². The molecule has 3 aromatic rings. The maximum Gasteiger partial charge on any atom is 0.514 e. The molecule has 0 heterocycles. The van der Waals surface area contributed by atoms with Crippen molar-refractivity contribution in [1.82, 2.24) is 0 Å². The van der Waals surface area contributed by atoms with E-state index in [0.717, 1.165) is 0 Å². The van der Waals surface area contributed by atoms with Gasteiger partial charge in [-0.15, -0.1) is 0 Å². The molecule has 29 heavy (non-hydrogen) atoms. The highest BCUT2D eigenvalue weighted by Crippen LogP contribution is 2.45. The lowest BCUT2D eigenvalue weighted by atomic mass is 10.0. The van der Waals surface area contributed by atoms with Crippen LogP contribution in [0.3, 0.4) is 0 Å². The minimum absolute atomic E-state index is 0.318. The topological polar surface area (TPSA) is 71.1 Å². The van der Waals surface area contributed by atoms with Gasteiger partial charge >= 0.3 is 12.3 Å². The fourth-order valence-corrected chi connectivity index (χ4v) is 3.46. The second kappa shape index (κ2) is 8.69. The molecule has 7 heteroatoms. The first-order valence-corrected chi connectivity index (χ1v) is 9.97. The Morgan fingerprint density at radius 3 is 1.76 bits per heavy atom. The number of fused-ring (bicyclic) bond motifs is 2. The number of carbonyl (C=O) groups excluding carboxylic acids is 2. The van der Waals surface area contributed by atoms with E-state index in [-0.39, 0.29) is 12.2 Å². The molecular formula is C22H21BrO6. The molecule has 0 saturated carbocycles. The van der Waals surface area contributed by atoms with E-state index < -0.39 is 12.3 Å². The number of hydrogen-bond donors (Lipinski definition) is 0. The van der Waals surface area contributed by atoms with E-state index >= 15 is 0 Å². The van der Waals surface area contributed by atoms with Gasteiger partial charge in [-0.05, 0) is 33.8 Å². The van der Waals surface area contributed by atoms with Crippen molar-refractivity contribution in [2.75, 3.05) is 0 Å². The minimum atomic E-state index is -0.810. The summed E-state index contributed by atoms with van der Waals surface area (Å²) in [6.07, 6.45) is -2.26. The predicted molar refractivity (Wildman–Crippen MR) is 114 cm³/mol. The lowest BCUT2D eigenvalue weighted by Gasteiger charge is -2.18. The first-order chi connectivity index (χ1) is 13.8. The average Bonchev–Trinajstić information content (AvgIpc) is 2.63. The SMILES string of the molecule is CC(C)OC(=O)Oc1c2ccccc2c(OC(=O)OC(C)C)c2c(Br)cccc12. The fraction of sp³-hybridized carbons (Fsp3) is 0.273. The first kappa shape index (κ1) is 20.9. The highest BCUT2D eigenvalue weighted by atomic mass is 79.9. The maximum atomic E-state index is 12.2. The van der Waals surface area contributed by atoms with Crippen LogP contribution < -0.4 is 9.47 Å². The van der Waals surface area contributed by atoms with Crippen molar-refractivity contribution in [3.05, 3.63) is 46.9 Å². The molecule has 0 bridgehead atoms. The second-order valence-electron chi connectivity index (χ2n) is 6.90. The third kappa shape index (κ3) is 4.62. The maximum absolute atomic E-state index is 12.2. The number of halogens is 1. The van der Waals surface area contributed by atoms with E-state index in [1.165, 1.54) is 0 Å². The monoisotopic (exact) mass is 460 g/mol. The van der Waals surface area contributed by atoms with Gasteiger partial charge in [0, 0.05) is 26.0 Å². The summed E-state index contributed by atoms with van der Waals surface area (Å²) in [7, 11) is 0. The Hall–Kier alpha value is -2.80. The lowest BCUT2D eigenvalue weighted by Crippen LogP contribution is -2.17. The molecule has 152 valence electrons. The molecular weight excluding hydrogens is 440 g/mol. The van der Waals surface area contributed by atoms with Crippen molar-refractivity contribution in [1.29, 1.82) is 0 Å². The van der Waals surface area contributed by atoms with Crippen molar-refractivity contribution < 1.29 is 28.5 Å². The first-order valence-electron chi connectivity index (χ1n) is 9.17. The summed E-state index contributed by atoms with van der Waals surface area (Å²) < 4.78 is 22.1. The van der Waals surface area contributed by atoms with Crippen LogP contribution in [0.5, 0.6) is 11.5 Å². The molecule has 0 aliphatic heterocycles. The van der Waals surface area contributed by atoms with Gasteiger partial charge in [0.05, 0.1) is 12.2 Å². The lowest BCUT2D eigenvalue weighted by molar-refractivity contribution is 0.0719. The molecule has 0 fully saturated rings. The number of carbonyl (C=O) groups is 2. The van der Waals surface area contributed by atoms with Crippen LogP contribution in [0.2, 0.25) is 0 Å². The van der Waals surface area contributed by atoms with Gasteiger partial charge in [-0.3, -0.25) is 0 Å². The van der Waals surface area contributed by atoms with Gasteiger partial charge in [0.25, 0.3) is 0 Å². The van der Waals surface area contributed by atoms with E-state index in [2.05, 4.69) is 15.9 Å². The van der Waals surface area contributed by atoms with Gasteiger partial charge in [0.15, 0.2) is 11.5 Å². The largest absolute Gasteiger partial charge is 0.514 e. The molecule has 0 spiro atoms. The average molecular weight is 461 g/mol. The fourth-order valence-electron chi connectivity index (χ4n) is 2.92. The molecule has 0 N–H and O–H groups in total. The molecule has 0 amide bonds. The van der Waals surface area contributed by atoms with Crippen molar-refractivity contribution in [3.63, 3.8) is 0 Å². The van der Waals surface area contributed by atoms with E-state index in [1.807, 2.05) is 18.2 Å². The van der Waals surface area contributed by atoms with Crippen LogP contribution in [0.4, 0.5) is 9.59 Å². The third-order valence-electron chi connectivity index (χ3n) is 3.94. The Morgan fingerprint density at radius 1 is 0.724 bits per heavy atom. The molecule has 0 unspecified atom stereocenters. The molecule has 0 aliphatic carbocycles. The third-order valence-corrected chi connectivity index (χ3v) is 4.60. The Labute approximate surface area is 176 Å². The minimum Gasteiger partial charge on any atom is -0.431 e. The second-order valence-corrected chi connectivity index (χ2v) is 7.76. The van der Waals surface area contributed by atoms with Crippen molar-refractivity contribution in [3.8, 4) is 11.5 Å². The molecule has 0 atom stereocenters. The normalized spacial score (nSPS) is 11.1.